The Labute approximate surface area is 99.8 Å². The summed E-state index contributed by atoms with van der Waals surface area (Å²) in [4.78, 5) is 0.128. The molecule has 1 aromatic heterocycles. The number of nitrogens with zero attached hydrogens (tertiary/aromatic N) is 2. The zero-order valence-electron chi connectivity index (χ0n) is 9.58. The number of rotatable bonds is 2. The van der Waals surface area contributed by atoms with Gasteiger partial charge >= 0.3 is 0 Å². The molecule has 0 saturated carbocycles. The van der Waals surface area contributed by atoms with Gasteiger partial charge in [0, 0.05) is 12.5 Å². The highest BCUT2D eigenvalue weighted by Crippen LogP contribution is 2.24. The summed E-state index contributed by atoms with van der Waals surface area (Å²) in [6.07, 6.45) is 2.88. The highest BCUT2D eigenvalue weighted by molar-refractivity contribution is 7.90. The maximum Gasteiger partial charge on any atom is 0.177 e. The largest absolute Gasteiger partial charge is 0.396 e. The van der Waals surface area contributed by atoms with Crippen LogP contribution in [0.25, 0.3) is 5.69 Å². The van der Waals surface area contributed by atoms with Crippen molar-refractivity contribution in [2.24, 2.45) is 0 Å². The number of anilines is 1. The van der Waals surface area contributed by atoms with Gasteiger partial charge in [0.05, 0.1) is 22.0 Å². The summed E-state index contributed by atoms with van der Waals surface area (Å²) in [6, 6.07) is 6.70. The predicted molar refractivity (Wildman–Crippen MR) is 65.8 cm³/mol. The van der Waals surface area contributed by atoms with Crippen LogP contribution in [0.2, 0.25) is 0 Å². The first-order chi connectivity index (χ1) is 7.89. The van der Waals surface area contributed by atoms with E-state index in [-0.39, 0.29) is 10.6 Å². The Morgan fingerprint density at radius 2 is 2.00 bits per heavy atom. The van der Waals surface area contributed by atoms with Crippen LogP contribution in [0, 0.1) is 6.92 Å². The Morgan fingerprint density at radius 1 is 1.29 bits per heavy atom. The molecule has 0 atom stereocenters. The van der Waals surface area contributed by atoms with E-state index < -0.39 is 9.84 Å². The summed E-state index contributed by atoms with van der Waals surface area (Å²) in [6.45, 7) is 1.85. The van der Waals surface area contributed by atoms with E-state index in [4.69, 9.17) is 5.73 Å². The fraction of sp³-hybridized carbons (Fsp3) is 0.182. The van der Waals surface area contributed by atoms with Crippen LogP contribution < -0.4 is 5.73 Å². The molecule has 2 N–H and O–H groups in total. The molecule has 5 nitrogen and oxygen atoms in total. The van der Waals surface area contributed by atoms with Crippen molar-refractivity contribution in [2.75, 3.05) is 12.0 Å². The van der Waals surface area contributed by atoms with E-state index in [2.05, 4.69) is 5.10 Å². The molecule has 1 aromatic carbocycles. The van der Waals surface area contributed by atoms with Gasteiger partial charge in [-0.05, 0) is 25.1 Å². The molecule has 2 aromatic rings. The van der Waals surface area contributed by atoms with Crippen molar-refractivity contribution < 1.29 is 8.42 Å². The minimum atomic E-state index is -3.32. The first kappa shape index (κ1) is 11.7. The second kappa shape index (κ2) is 3.89. The summed E-state index contributed by atoms with van der Waals surface area (Å²) in [7, 11) is -3.32. The topological polar surface area (TPSA) is 78.0 Å². The van der Waals surface area contributed by atoms with Crippen LogP contribution in [0.5, 0.6) is 0 Å². The van der Waals surface area contributed by atoms with Crippen molar-refractivity contribution in [3.05, 3.63) is 36.2 Å². The number of nitrogens with two attached hydrogens (primary N) is 1. The van der Waals surface area contributed by atoms with E-state index in [0.29, 0.717) is 5.69 Å². The monoisotopic (exact) mass is 251 g/mol. The first-order valence-corrected chi connectivity index (χ1v) is 6.90. The molecule has 0 aliphatic heterocycles. The van der Waals surface area contributed by atoms with E-state index >= 15 is 0 Å². The molecule has 6 heteroatoms. The number of hydrogen-bond donors (Lipinski definition) is 1. The van der Waals surface area contributed by atoms with Crippen LogP contribution in [-0.4, -0.2) is 24.5 Å². The van der Waals surface area contributed by atoms with Crippen LogP contribution in [0.1, 0.15) is 5.69 Å². The molecule has 0 fully saturated rings. The van der Waals surface area contributed by atoms with Crippen molar-refractivity contribution in [2.45, 2.75) is 11.8 Å². The van der Waals surface area contributed by atoms with Crippen LogP contribution in [0.4, 0.5) is 5.69 Å². The lowest BCUT2D eigenvalue weighted by atomic mass is 10.3. The van der Waals surface area contributed by atoms with E-state index in [9.17, 15) is 8.42 Å². The highest BCUT2D eigenvalue weighted by atomic mass is 32.2. The zero-order valence-corrected chi connectivity index (χ0v) is 10.4. The van der Waals surface area contributed by atoms with E-state index in [1.807, 2.05) is 13.0 Å². The SMILES string of the molecule is Cc1ccn(-c2cccc(S(C)(=O)=O)c2N)n1. The van der Waals surface area contributed by atoms with Crippen molar-refractivity contribution in [3.63, 3.8) is 0 Å². The minimum Gasteiger partial charge on any atom is -0.396 e. The second-order valence-electron chi connectivity index (χ2n) is 3.86. The summed E-state index contributed by atoms with van der Waals surface area (Å²) < 4.78 is 24.6. The molecular weight excluding hydrogens is 238 g/mol. The van der Waals surface area contributed by atoms with Gasteiger partial charge in [-0.2, -0.15) is 5.10 Å². The molecule has 0 aliphatic rings. The van der Waals surface area contributed by atoms with Crippen molar-refractivity contribution in [3.8, 4) is 5.69 Å². The molecule has 0 bridgehead atoms. The van der Waals surface area contributed by atoms with Gasteiger partial charge in [-0.1, -0.05) is 6.07 Å². The molecule has 0 spiro atoms. The maximum atomic E-state index is 11.5. The van der Waals surface area contributed by atoms with Crippen molar-refractivity contribution in [1.29, 1.82) is 0 Å². The third-order valence-corrected chi connectivity index (χ3v) is 3.57. The van der Waals surface area contributed by atoms with Crippen molar-refractivity contribution >= 4 is 15.5 Å². The lowest BCUT2D eigenvalue weighted by molar-refractivity contribution is 0.602. The van der Waals surface area contributed by atoms with Gasteiger partial charge < -0.3 is 5.73 Å². The third kappa shape index (κ3) is 2.16. The molecule has 0 amide bonds. The van der Waals surface area contributed by atoms with Gasteiger partial charge in [-0.25, -0.2) is 13.1 Å². The molecule has 17 heavy (non-hydrogen) atoms. The lowest BCUT2D eigenvalue weighted by Crippen LogP contribution is -2.07. The maximum absolute atomic E-state index is 11.5. The Bertz CT molecular complexity index is 659. The van der Waals surface area contributed by atoms with Gasteiger partial charge in [0.1, 0.15) is 0 Å². The van der Waals surface area contributed by atoms with Crippen LogP contribution in [0.3, 0.4) is 0 Å². The molecule has 0 aliphatic carbocycles. The summed E-state index contributed by atoms with van der Waals surface area (Å²) in [5.74, 6) is 0. The van der Waals surface area contributed by atoms with Crippen LogP contribution >= 0.6 is 0 Å². The van der Waals surface area contributed by atoms with E-state index in [1.54, 1.807) is 23.0 Å². The smallest absolute Gasteiger partial charge is 0.177 e. The highest BCUT2D eigenvalue weighted by Gasteiger charge is 2.15. The molecule has 90 valence electrons. The second-order valence-corrected chi connectivity index (χ2v) is 5.85. The number of sulfone groups is 1. The fourth-order valence-corrected chi connectivity index (χ4v) is 2.43. The predicted octanol–water partition coefficient (Wildman–Crippen LogP) is 1.17. The average molecular weight is 251 g/mol. The zero-order chi connectivity index (χ0) is 12.6. The van der Waals surface area contributed by atoms with Gasteiger partial charge in [0.2, 0.25) is 0 Å². The fourth-order valence-electron chi connectivity index (χ4n) is 1.60. The van der Waals surface area contributed by atoms with Crippen LogP contribution in [-0.2, 0) is 9.84 Å². The van der Waals surface area contributed by atoms with Gasteiger partial charge in [0.25, 0.3) is 0 Å². The lowest BCUT2D eigenvalue weighted by Gasteiger charge is -2.09. The van der Waals surface area contributed by atoms with E-state index in [0.717, 1.165) is 11.9 Å². The van der Waals surface area contributed by atoms with Gasteiger partial charge in [-0.3, -0.25) is 0 Å². The van der Waals surface area contributed by atoms with Gasteiger partial charge in [0.15, 0.2) is 9.84 Å². The standard InChI is InChI=1S/C11H13N3O2S/c1-8-6-7-14(13-8)9-4-3-5-10(11(9)12)17(2,15)16/h3-7H,12H2,1-2H3. The van der Waals surface area contributed by atoms with Crippen LogP contribution in [0.15, 0.2) is 35.4 Å². The molecule has 0 radical (unpaired) electrons. The number of aryl methyl sites for hydroxylation is 1. The summed E-state index contributed by atoms with van der Waals surface area (Å²) in [5, 5.41) is 4.21. The first-order valence-electron chi connectivity index (χ1n) is 5.01. The Kier molecular flexibility index (Phi) is 2.66. The molecule has 0 saturated heterocycles. The quantitative estimate of drug-likeness (QED) is 0.813. The van der Waals surface area contributed by atoms with E-state index in [1.165, 1.54) is 6.07 Å². The molecule has 0 unspecified atom stereocenters. The average Bonchev–Trinajstić information content (AvgIpc) is 2.63. The summed E-state index contributed by atoms with van der Waals surface area (Å²) >= 11 is 0. The Morgan fingerprint density at radius 3 is 2.53 bits per heavy atom. The number of para-hydroxylation sites is 1. The molecule has 2 rings (SSSR count). The summed E-state index contributed by atoms with van der Waals surface area (Å²) in [5.41, 5.74) is 7.50. The number of nitrogen functional groups attached to an aromatic ring is 1. The number of hydrogen-bond acceptors (Lipinski definition) is 4. The van der Waals surface area contributed by atoms with Crippen molar-refractivity contribution in [1.82, 2.24) is 9.78 Å². The molecule has 1 heterocycles. The number of aromatic nitrogens is 2. The van der Waals surface area contributed by atoms with Gasteiger partial charge in [-0.15, -0.1) is 0 Å². The third-order valence-electron chi connectivity index (χ3n) is 2.41. The Hall–Kier alpha value is -1.82. The number of benzene rings is 1. The molecular formula is C11H13N3O2S. The normalized spacial score (nSPS) is 11.6. The Balaban J connectivity index is 2.65. The minimum absolute atomic E-state index is 0.128.